The first-order chi connectivity index (χ1) is 15.4. The van der Waals surface area contributed by atoms with Crippen LogP contribution in [0.25, 0.3) is 0 Å². The molecule has 1 aromatic carbocycles. The number of rotatable bonds is 8. The number of carbonyl (C=O) groups excluding carboxylic acids is 2. The van der Waals surface area contributed by atoms with Gasteiger partial charge in [-0.3, -0.25) is 10.1 Å². The van der Waals surface area contributed by atoms with Gasteiger partial charge in [0.1, 0.15) is 5.82 Å². The minimum atomic E-state index is -3.48. The van der Waals surface area contributed by atoms with Crippen LogP contribution in [0, 0.1) is 0 Å². The van der Waals surface area contributed by atoms with Crippen LogP contribution in [0.15, 0.2) is 48.7 Å². The second-order valence-electron chi connectivity index (χ2n) is 7.07. The van der Waals surface area contributed by atoms with Gasteiger partial charge in [-0.2, -0.15) is 4.31 Å². The SMILES string of the molecule is CCOC(=O)Nc1ccc(C(=O)NCCS(=O)(=O)N2CCN(c3ccccn3)CC2)cc1. The quantitative estimate of drug-likeness (QED) is 0.612. The number of anilines is 2. The van der Waals surface area contributed by atoms with Gasteiger partial charge in [0.25, 0.3) is 5.91 Å². The molecule has 1 aliphatic heterocycles. The number of benzene rings is 1. The largest absolute Gasteiger partial charge is 0.450 e. The van der Waals surface area contributed by atoms with Crippen molar-refractivity contribution in [3.05, 3.63) is 54.2 Å². The van der Waals surface area contributed by atoms with Crippen LogP contribution >= 0.6 is 0 Å². The minimum absolute atomic E-state index is 0.00441. The van der Waals surface area contributed by atoms with E-state index in [0.717, 1.165) is 5.82 Å². The second kappa shape index (κ2) is 10.9. The van der Waals surface area contributed by atoms with Gasteiger partial charge in [-0.1, -0.05) is 6.07 Å². The summed E-state index contributed by atoms with van der Waals surface area (Å²) >= 11 is 0. The van der Waals surface area contributed by atoms with Crippen molar-refractivity contribution in [1.29, 1.82) is 0 Å². The molecule has 1 fully saturated rings. The van der Waals surface area contributed by atoms with Crippen LogP contribution in [-0.2, 0) is 14.8 Å². The number of sulfonamides is 1. The minimum Gasteiger partial charge on any atom is -0.450 e. The summed E-state index contributed by atoms with van der Waals surface area (Å²) in [5.41, 5.74) is 0.855. The van der Waals surface area contributed by atoms with Gasteiger partial charge >= 0.3 is 6.09 Å². The average molecular weight is 462 g/mol. The molecule has 0 spiro atoms. The molecule has 0 radical (unpaired) electrons. The summed E-state index contributed by atoms with van der Waals surface area (Å²) in [6.07, 6.45) is 1.14. The van der Waals surface area contributed by atoms with Gasteiger partial charge < -0.3 is 15.0 Å². The van der Waals surface area contributed by atoms with E-state index < -0.39 is 16.1 Å². The lowest BCUT2D eigenvalue weighted by Crippen LogP contribution is -2.50. The fourth-order valence-electron chi connectivity index (χ4n) is 3.25. The predicted octanol–water partition coefficient (Wildman–Crippen LogP) is 1.53. The molecule has 0 unspecified atom stereocenters. The lowest BCUT2D eigenvalue weighted by Gasteiger charge is -2.34. The van der Waals surface area contributed by atoms with Gasteiger partial charge in [0.15, 0.2) is 0 Å². The summed E-state index contributed by atoms with van der Waals surface area (Å²) in [5, 5.41) is 5.17. The zero-order valence-electron chi connectivity index (χ0n) is 17.9. The van der Waals surface area contributed by atoms with Crippen molar-refractivity contribution in [1.82, 2.24) is 14.6 Å². The molecule has 11 heteroatoms. The Morgan fingerprint density at radius 3 is 2.41 bits per heavy atom. The molecular formula is C21H27N5O5S. The van der Waals surface area contributed by atoms with Crippen LogP contribution in [0.2, 0.25) is 0 Å². The molecule has 2 amide bonds. The number of nitrogens with one attached hydrogen (secondary N) is 2. The number of nitrogens with zero attached hydrogens (tertiary/aromatic N) is 3. The average Bonchev–Trinajstić information content (AvgIpc) is 2.80. The second-order valence-corrected chi connectivity index (χ2v) is 9.16. The highest BCUT2D eigenvalue weighted by Gasteiger charge is 2.27. The van der Waals surface area contributed by atoms with Crippen molar-refractivity contribution in [2.45, 2.75) is 6.92 Å². The molecule has 0 bridgehead atoms. The zero-order chi connectivity index (χ0) is 23.0. The summed E-state index contributed by atoms with van der Waals surface area (Å²) < 4.78 is 31.5. The van der Waals surface area contributed by atoms with E-state index in [0.29, 0.717) is 37.4 Å². The van der Waals surface area contributed by atoms with E-state index >= 15 is 0 Å². The fraction of sp³-hybridized carbons (Fsp3) is 0.381. The Kier molecular flexibility index (Phi) is 8.01. The Hall–Kier alpha value is -3.18. The van der Waals surface area contributed by atoms with Crippen LogP contribution in [0.4, 0.5) is 16.3 Å². The Labute approximate surface area is 187 Å². The highest BCUT2D eigenvalue weighted by molar-refractivity contribution is 7.89. The molecule has 172 valence electrons. The van der Waals surface area contributed by atoms with Gasteiger partial charge in [0.05, 0.1) is 12.4 Å². The van der Waals surface area contributed by atoms with Gasteiger partial charge in [0.2, 0.25) is 10.0 Å². The van der Waals surface area contributed by atoms with Crippen molar-refractivity contribution in [3.8, 4) is 0 Å². The summed E-state index contributed by atoms with van der Waals surface area (Å²) in [4.78, 5) is 30.1. The molecule has 2 heterocycles. The number of carbonyl (C=O) groups is 2. The number of pyridine rings is 1. The summed E-state index contributed by atoms with van der Waals surface area (Å²) in [5.74, 6) is 0.272. The van der Waals surface area contributed by atoms with Crippen molar-refractivity contribution in [3.63, 3.8) is 0 Å². The Balaban J connectivity index is 1.44. The van der Waals surface area contributed by atoms with E-state index in [9.17, 15) is 18.0 Å². The number of aromatic nitrogens is 1. The lowest BCUT2D eigenvalue weighted by atomic mass is 10.2. The summed E-state index contributed by atoms with van der Waals surface area (Å²) in [6, 6.07) is 11.9. The maximum Gasteiger partial charge on any atom is 0.411 e. The first-order valence-electron chi connectivity index (χ1n) is 10.3. The third-order valence-electron chi connectivity index (χ3n) is 4.92. The van der Waals surface area contributed by atoms with Gasteiger partial charge in [-0.05, 0) is 43.3 Å². The molecule has 3 rings (SSSR count). The molecule has 2 N–H and O–H groups in total. The highest BCUT2D eigenvalue weighted by Crippen LogP contribution is 2.15. The van der Waals surface area contributed by atoms with Crippen molar-refractivity contribution < 1.29 is 22.7 Å². The van der Waals surface area contributed by atoms with E-state index in [1.807, 2.05) is 23.1 Å². The fourth-order valence-corrected chi connectivity index (χ4v) is 4.59. The van der Waals surface area contributed by atoms with E-state index in [4.69, 9.17) is 4.74 Å². The molecule has 1 aliphatic rings. The molecule has 32 heavy (non-hydrogen) atoms. The van der Waals surface area contributed by atoms with Crippen LogP contribution in [0.5, 0.6) is 0 Å². The number of hydrogen-bond donors (Lipinski definition) is 2. The Bertz CT molecular complexity index is 1010. The molecule has 0 atom stereocenters. The van der Waals surface area contributed by atoms with E-state index in [-0.39, 0.29) is 24.8 Å². The van der Waals surface area contributed by atoms with Crippen molar-refractivity contribution in [2.75, 3.05) is 55.3 Å². The van der Waals surface area contributed by atoms with E-state index in [1.54, 1.807) is 37.4 Å². The first kappa shape index (κ1) is 23.5. The smallest absolute Gasteiger partial charge is 0.411 e. The standard InChI is InChI=1S/C21H27N5O5S/c1-2-31-21(28)24-18-8-6-17(7-9-18)20(27)23-11-16-32(29,30)26-14-12-25(13-15-26)19-5-3-4-10-22-19/h3-10H,2,11-16H2,1H3,(H,23,27)(H,24,28). The van der Waals surface area contributed by atoms with E-state index in [1.165, 1.54) is 4.31 Å². The Morgan fingerprint density at radius 2 is 1.78 bits per heavy atom. The van der Waals surface area contributed by atoms with Crippen LogP contribution in [-0.4, -0.2) is 74.8 Å². The number of piperazine rings is 1. The third kappa shape index (κ3) is 6.41. The van der Waals surface area contributed by atoms with Crippen molar-refractivity contribution >= 4 is 33.5 Å². The molecular weight excluding hydrogens is 434 g/mol. The maximum atomic E-state index is 12.6. The summed E-state index contributed by atoms with van der Waals surface area (Å²) in [6.45, 7) is 3.85. The molecule has 0 aliphatic carbocycles. The third-order valence-corrected chi connectivity index (χ3v) is 6.79. The highest BCUT2D eigenvalue weighted by atomic mass is 32.2. The van der Waals surface area contributed by atoms with Crippen LogP contribution < -0.4 is 15.5 Å². The van der Waals surface area contributed by atoms with Gasteiger partial charge in [-0.15, -0.1) is 0 Å². The predicted molar refractivity (Wildman–Crippen MR) is 121 cm³/mol. The normalized spacial score (nSPS) is 14.6. The number of hydrogen-bond acceptors (Lipinski definition) is 7. The number of ether oxygens (including phenoxy) is 1. The molecule has 2 aromatic rings. The molecule has 0 saturated carbocycles. The van der Waals surface area contributed by atoms with Gasteiger partial charge in [-0.25, -0.2) is 18.2 Å². The number of amides is 2. The van der Waals surface area contributed by atoms with E-state index in [2.05, 4.69) is 15.6 Å². The molecule has 1 saturated heterocycles. The lowest BCUT2D eigenvalue weighted by molar-refractivity contribution is 0.0956. The van der Waals surface area contributed by atoms with Gasteiger partial charge in [0, 0.05) is 50.2 Å². The van der Waals surface area contributed by atoms with Crippen LogP contribution in [0.1, 0.15) is 17.3 Å². The maximum absolute atomic E-state index is 12.6. The first-order valence-corrected chi connectivity index (χ1v) is 12.0. The molecule has 1 aromatic heterocycles. The summed E-state index contributed by atoms with van der Waals surface area (Å²) in [7, 11) is -3.48. The Morgan fingerprint density at radius 1 is 1.06 bits per heavy atom. The van der Waals surface area contributed by atoms with Crippen LogP contribution in [0.3, 0.4) is 0 Å². The monoisotopic (exact) mass is 461 g/mol. The van der Waals surface area contributed by atoms with Crippen molar-refractivity contribution in [2.24, 2.45) is 0 Å². The molecule has 10 nitrogen and oxygen atoms in total. The zero-order valence-corrected chi connectivity index (χ0v) is 18.7. The topological polar surface area (TPSA) is 121 Å².